The number of anilines is 1. The summed E-state index contributed by atoms with van der Waals surface area (Å²) in [5.74, 6) is 1.33. The van der Waals surface area contributed by atoms with Crippen molar-refractivity contribution < 1.29 is 14.3 Å². The fraction of sp³-hybridized carbons (Fsp3) is 0.158. The second-order valence-corrected chi connectivity index (χ2v) is 5.79. The van der Waals surface area contributed by atoms with E-state index in [1.165, 1.54) is 0 Å². The van der Waals surface area contributed by atoms with Crippen molar-refractivity contribution in [2.24, 2.45) is 0 Å². The Hall–Kier alpha value is -3.48. The quantitative estimate of drug-likeness (QED) is 0.758. The van der Waals surface area contributed by atoms with Gasteiger partial charge in [-0.1, -0.05) is 18.2 Å². The van der Waals surface area contributed by atoms with Crippen molar-refractivity contribution in [1.29, 1.82) is 0 Å². The van der Waals surface area contributed by atoms with Crippen LogP contribution in [-0.2, 0) is 6.54 Å². The minimum atomic E-state index is -0.297. The lowest BCUT2D eigenvalue weighted by Gasteiger charge is -2.19. The van der Waals surface area contributed by atoms with Crippen LogP contribution in [0.3, 0.4) is 0 Å². The normalized spacial score (nSPS) is 12.5. The maximum atomic E-state index is 12.1. The van der Waals surface area contributed by atoms with Crippen molar-refractivity contribution in [3.05, 3.63) is 66.5 Å². The molecule has 1 aliphatic rings. The van der Waals surface area contributed by atoms with Gasteiger partial charge in [0.25, 0.3) is 0 Å². The predicted molar refractivity (Wildman–Crippen MR) is 96.9 cm³/mol. The zero-order chi connectivity index (χ0) is 17.8. The zero-order valence-electron chi connectivity index (χ0n) is 14.0. The van der Waals surface area contributed by atoms with Crippen LogP contribution < -0.4 is 20.1 Å². The van der Waals surface area contributed by atoms with Crippen molar-refractivity contribution in [3.8, 4) is 17.2 Å². The number of nitrogens with one attached hydrogen (secondary N) is 2. The predicted octanol–water partition coefficient (Wildman–Crippen LogP) is 2.97. The molecule has 132 valence electrons. The number of benzene rings is 2. The number of aromatic nitrogens is 2. The second-order valence-electron chi connectivity index (χ2n) is 5.79. The summed E-state index contributed by atoms with van der Waals surface area (Å²) in [5, 5.41) is 9.92. The Morgan fingerprint density at radius 1 is 1.08 bits per heavy atom. The number of carbonyl (C=O) groups is 1. The molecule has 0 saturated heterocycles. The van der Waals surface area contributed by atoms with Gasteiger partial charge >= 0.3 is 6.03 Å². The first-order valence-electron chi connectivity index (χ1n) is 8.31. The van der Waals surface area contributed by atoms with Gasteiger partial charge in [-0.25, -0.2) is 9.48 Å². The third-order valence-corrected chi connectivity index (χ3v) is 3.91. The minimum absolute atomic E-state index is 0.297. The molecule has 7 nitrogen and oxygen atoms in total. The molecule has 26 heavy (non-hydrogen) atoms. The number of amides is 2. The molecule has 4 rings (SSSR count). The van der Waals surface area contributed by atoms with Crippen molar-refractivity contribution >= 4 is 11.7 Å². The number of nitrogens with zero attached hydrogens (tertiary/aromatic N) is 2. The van der Waals surface area contributed by atoms with Crippen LogP contribution in [0.1, 0.15) is 5.56 Å². The second kappa shape index (κ2) is 7.18. The molecular weight excluding hydrogens is 332 g/mol. The van der Waals surface area contributed by atoms with E-state index >= 15 is 0 Å². The van der Waals surface area contributed by atoms with Gasteiger partial charge in [-0.15, -0.1) is 0 Å². The number of rotatable bonds is 4. The summed E-state index contributed by atoms with van der Waals surface area (Å²) in [5.41, 5.74) is 2.53. The third-order valence-electron chi connectivity index (χ3n) is 3.91. The third kappa shape index (κ3) is 3.61. The molecule has 2 amide bonds. The van der Waals surface area contributed by atoms with Crippen LogP contribution in [-0.4, -0.2) is 29.0 Å². The van der Waals surface area contributed by atoms with Crippen molar-refractivity contribution in [1.82, 2.24) is 15.1 Å². The minimum Gasteiger partial charge on any atom is -0.486 e. The van der Waals surface area contributed by atoms with Crippen LogP contribution in [0.25, 0.3) is 5.69 Å². The fourth-order valence-corrected chi connectivity index (χ4v) is 2.65. The number of fused-ring (bicyclic) bond motifs is 1. The Balaban J connectivity index is 1.34. The highest BCUT2D eigenvalue weighted by Crippen LogP contribution is 2.32. The van der Waals surface area contributed by atoms with E-state index in [2.05, 4.69) is 15.7 Å². The first-order valence-corrected chi connectivity index (χ1v) is 8.31. The standard InChI is InChI=1S/C19H18N4O3/c24-19(22-15-6-7-17-18(10-15)26-9-8-25-17)20-11-14-12-21-23(13-14)16-4-2-1-3-5-16/h1-7,10,12-13H,8-9,11H2,(H2,20,22,24). The van der Waals surface area contributed by atoms with Crippen LogP contribution in [0.15, 0.2) is 60.9 Å². The van der Waals surface area contributed by atoms with E-state index < -0.39 is 0 Å². The van der Waals surface area contributed by atoms with Gasteiger partial charge in [0.2, 0.25) is 0 Å². The summed E-state index contributed by atoms with van der Waals surface area (Å²) in [7, 11) is 0. The van der Waals surface area contributed by atoms with Crippen LogP contribution in [0.2, 0.25) is 0 Å². The molecule has 0 radical (unpaired) electrons. The van der Waals surface area contributed by atoms with Gasteiger partial charge < -0.3 is 20.1 Å². The van der Waals surface area contributed by atoms with E-state index in [1.807, 2.05) is 36.5 Å². The average Bonchev–Trinajstić information content (AvgIpc) is 3.16. The average molecular weight is 350 g/mol. The molecule has 1 aliphatic heterocycles. The van der Waals surface area contributed by atoms with E-state index in [1.54, 1.807) is 29.1 Å². The van der Waals surface area contributed by atoms with Crippen LogP contribution in [0, 0.1) is 0 Å². The number of ether oxygens (including phenoxy) is 2. The molecule has 0 aliphatic carbocycles. The van der Waals surface area contributed by atoms with Gasteiger partial charge in [0.15, 0.2) is 11.5 Å². The topological polar surface area (TPSA) is 77.4 Å². The molecule has 0 atom stereocenters. The Morgan fingerprint density at radius 3 is 2.73 bits per heavy atom. The number of carbonyl (C=O) groups excluding carboxylic acids is 1. The first kappa shape index (κ1) is 16.0. The molecule has 1 aromatic heterocycles. The highest BCUT2D eigenvalue weighted by Gasteiger charge is 2.12. The lowest BCUT2D eigenvalue weighted by atomic mass is 10.2. The van der Waals surface area contributed by atoms with Crippen molar-refractivity contribution in [3.63, 3.8) is 0 Å². The Labute approximate surface area is 150 Å². The molecule has 0 unspecified atom stereocenters. The van der Waals surface area contributed by atoms with Crippen LogP contribution >= 0.6 is 0 Å². The molecule has 0 bridgehead atoms. The Bertz CT molecular complexity index is 908. The maximum absolute atomic E-state index is 12.1. The number of hydrogen-bond acceptors (Lipinski definition) is 4. The highest BCUT2D eigenvalue weighted by molar-refractivity contribution is 5.89. The van der Waals surface area contributed by atoms with Gasteiger partial charge in [-0.05, 0) is 24.3 Å². The molecule has 2 N–H and O–H groups in total. The highest BCUT2D eigenvalue weighted by atomic mass is 16.6. The molecular formula is C19H18N4O3. The summed E-state index contributed by atoms with van der Waals surface area (Å²) < 4.78 is 12.8. The van der Waals surface area contributed by atoms with Gasteiger partial charge in [-0.2, -0.15) is 5.10 Å². The van der Waals surface area contributed by atoms with Crippen molar-refractivity contribution in [2.45, 2.75) is 6.54 Å². The Morgan fingerprint density at radius 2 is 1.88 bits per heavy atom. The number of hydrogen-bond donors (Lipinski definition) is 2. The van der Waals surface area contributed by atoms with E-state index in [-0.39, 0.29) is 6.03 Å². The SMILES string of the molecule is O=C(NCc1cnn(-c2ccccc2)c1)Nc1ccc2c(c1)OCCO2. The molecule has 7 heteroatoms. The summed E-state index contributed by atoms with van der Waals surface area (Å²) in [6.07, 6.45) is 3.62. The molecule has 0 spiro atoms. The van der Waals surface area contributed by atoms with Gasteiger partial charge in [0.1, 0.15) is 13.2 Å². The summed E-state index contributed by atoms with van der Waals surface area (Å²) in [4.78, 5) is 12.1. The Kier molecular flexibility index (Phi) is 4.42. The molecule has 0 fully saturated rings. The van der Waals surface area contributed by atoms with Crippen LogP contribution in [0.5, 0.6) is 11.5 Å². The summed E-state index contributed by atoms with van der Waals surface area (Å²) in [6.45, 7) is 1.42. The van der Waals surface area contributed by atoms with E-state index in [9.17, 15) is 4.79 Å². The van der Waals surface area contributed by atoms with Crippen molar-refractivity contribution in [2.75, 3.05) is 18.5 Å². The fourth-order valence-electron chi connectivity index (χ4n) is 2.65. The van der Waals surface area contributed by atoms with Gasteiger partial charge in [0, 0.05) is 30.1 Å². The first-order chi connectivity index (χ1) is 12.8. The van der Waals surface area contributed by atoms with Gasteiger partial charge in [0.05, 0.1) is 11.9 Å². The van der Waals surface area contributed by atoms with E-state index in [0.29, 0.717) is 36.9 Å². The lowest BCUT2D eigenvalue weighted by Crippen LogP contribution is -2.28. The molecule has 3 aromatic rings. The van der Waals surface area contributed by atoms with Crippen LogP contribution in [0.4, 0.5) is 10.5 Å². The van der Waals surface area contributed by atoms with Gasteiger partial charge in [-0.3, -0.25) is 0 Å². The largest absolute Gasteiger partial charge is 0.486 e. The maximum Gasteiger partial charge on any atom is 0.319 e. The molecule has 0 saturated carbocycles. The number of para-hydroxylation sites is 1. The lowest BCUT2D eigenvalue weighted by molar-refractivity contribution is 0.171. The molecule has 2 heterocycles. The van der Waals surface area contributed by atoms with E-state index in [0.717, 1.165) is 11.3 Å². The van der Waals surface area contributed by atoms with E-state index in [4.69, 9.17) is 9.47 Å². The zero-order valence-corrected chi connectivity index (χ0v) is 14.0. The molecule has 2 aromatic carbocycles. The summed E-state index contributed by atoms with van der Waals surface area (Å²) in [6, 6.07) is 14.8. The monoisotopic (exact) mass is 350 g/mol. The summed E-state index contributed by atoms with van der Waals surface area (Å²) >= 11 is 0. The smallest absolute Gasteiger partial charge is 0.319 e. The number of urea groups is 1.